The first-order valence-corrected chi connectivity index (χ1v) is 10.2. The fourth-order valence-corrected chi connectivity index (χ4v) is 7.19. The Morgan fingerprint density at radius 1 is 1.19 bits per heavy atom. The van der Waals surface area contributed by atoms with Crippen LogP contribution in [-0.4, -0.2) is 52.0 Å². The molecule has 3 aliphatic rings. The van der Waals surface area contributed by atoms with Crippen molar-refractivity contribution in [2.75, 3.05) is 7.05 Å². The molecule has 1 amide bonds. The Bertz CT molecular complexity index is 973. The van der Waals surface area contributed by atoms with E-state index >= 15 is 0 Å². The predicted octanol–water partition coefficient (Wildman–Crippen LogP) is 0.706. The number of hydrogen-bond donors (Lipinski definition) is 1. The highest BCUT2D eigenvalue weighted by Crippen LogP contribution is 2.51. The molecule has 1 aromatic heterocycles. The molecule has 2 heterocycles. The summed E-state index contributed by atoms with van der Waals surface area (Å²) >= 11 is 0. The van der Waals surface area contributed by atoms with Crippen LogP contribution >= 0.6 is 0 Å². The number of sulfone groups is 1. The molecule has 1 aromatic rings. The van der Waals surface area contributed by atoms with Crippen LogP contribution < -0.4 is 5.56 Å². The average Bonchev–Trinajstić information content (AvgIpc) is 3.33. The zero-order valence-electron chi connectivity index (χ0n) is 14.3. The number of aromatic nitrogens is 1. The fraction of sp³-hybridized carbons (Fsp3) is 0.588. The molecule has 140 valence electrons. The summed E-state index contributed by atoms with van der Waals surface area (Å²) in [7, 11) is -2.22. The SMILES string of the molecule is CN1C(=O)c2ccc(C(=O)O)c(=O)n2CC1(C1CC1)S(=O)(=O)C1CCC1. The topological polar surface area (TPSA) is 114 Å². The van der Waals surface area contributed by atoms with Gasteiger partial charge in [-0.25, -0.2) is 13.2 Å². The molecule has 2 saturated carbocycles. The maximum atomic E-state index is 13.4. The molecule has 8 nitrogen and oxygen atoms in total. The van der Waals surface area contributed by atoms with Crippen molar-refractivity contribution in [2.24, 2.45) is 5.92 Å². The highest BCUT2D eigenvalue weighted by Gasteiger charge is 2.63. The number of hydrogen-bond acceptors (Lipinski definition) is 5. The van der Waals surface area contributed by atoms with Gasteiger partial charge in [0, 0.05) is 7.05 Å². The van der Waals surface area contributed by atoms with E-state index in [4.69, 9.17) is 0 Å². The van der Waals surface area contributed by atoms with Gasteiger partial charge in [0.2, 0.25) is 0 Å². The largest absolute Gasteiger partial charge is 0.477 e. The third-order valence-electron chi connectivity index (χ3n) is 6.08. The molecule has 1 aliphatic heterocycles. The Morgan fingerprint density at radius 3 is 2.35 bits per heavy atom. The van der Waals surface area contributed by atoms with Crippen LogP contribution in [0.4, 0.5) is 0 Å². The van der Waals surface area contributed by atoms with Crippen molar-refractivity contribution in [1.29, 1.82) is 0 Å². The Balaban J connectivity index is 1.94. The van der Waals surface area contributed by atoms with Crippen molar-refractivity contribution in [2.45, 2.75) is 48.8 Å². The monoisotopic (exact) mass is 380 g/mol. The fourth-order valence-electron chi connectivity index (χ4n) is 4.18. The van der Waals surface area contributed by atoms with Gasteiger partial charge < -0.3 is 10.0 Å². The lowest BCUT2D eigenvalue weighted by Gasteiger charge is -2.48. The van der Waals surface area contributed by atoms with Gasteiger partial charge in [-0.2, -0.15) is 0 Å². The number of carbonyl (C=O) groups excluding carboxylic acids is 1. The van der Waals surface area contributed by atoms with E-state index in [-0.39, 0.29) is 18.2 Å². The van der Waals surface area contributed by atoms with E-state index in [0.717, 1.165) is 17.1 Å². The molecule has 2 aliphatic carbocycles. The van der Waals surface area contributed by atoms with Crippen molar-refractivity contribution in [1.82, 2.24) is 9.47 Å². The minimum absolute atomic E-state index is 0.0302. The van der Waals surface area contributed by atoms with Crippen LogP contribution in [0.2, 0.25) is 0 Å². The van der Waals surface area contributed by atoms with Gasteiger partial charge in [0.15, 0.2) is 14.7 Å². The number of carbonyl (C=O) groups is 2. The second kappa shape index (κ2) is 5.42. The molecule has 0 spiro atoms. The first-order chi connectivity index (χ1) is 12.2. The Hall–Kier alpha value is -2.16. The van der Waals surface area contributed by atoms with E-state index in [2.05, 4.69) is 0 Å². The first-order valence-electron chi connectivity index (χ1n) is 8.70. The highest BCUT2D eigenvalue weighted by molar-refractivity contribution is 7.93. The average molecular weight is 380 g/mol. The summed E-state index contributed by atoms with van der Waals surface area (Å²) in [6.45, 7) is -0.200. The van der Waals surface area contributed by atoms with Crippen molar-refractivity contribution in [3.8, 4) is 0 Å². The summed E-state index contributed by atoms with van der Waals surface area (Å²) in [5, 5.41) is 8.70. The maximum Gasteiger partial charge on any atom is 0.341 e. The van der Waals surface area contributed by atoms with Gasteiger partial charge in [-0.05, 0) is 43.7 Å². The molecule has 1 unspecified atom stereocenters. The maximum absolute atomic E-state index is 13.4. The number of pyridine rings is 1. The molecule has 0 bridgehead atoms. The second-order valence-corrected chi connectivity index (χ2v) is 9.87. The molecular formula is C17H20N2O6S. The van der Waals surface area contributed by atoms with Gasteiger partial charge in [-0.3, -0.25) is 14.2 Å². The molecule has 2 fully saturated rings. The minimum atomic E-state index is -3.70. The Morgan fingerprint density at radius 2 is 1.85 bits per heavy atom. The van der Waals surface area contributed by atoms with E-state index in [1.54, 1.807) is 0 Å². The van der Waals surface area contributed by atoms with Gasteiger partial charge in [0.1, 0.15) is 11.3 Å². The van der Waals surface area contributed by atoms with Gasteiger partial charge in [-0.1, -0.05) is 6.42 Å². The van der Waals surface area contributed by atoms with E-state index in [1.807, 2.05) is 0 Å². The quantitative estimate of drug-likeness (QED) is 0.823. The van der Waals surface area contributed by atoms with Crippen molar-refractivity contribution < 1.29 is 23.1 Å². The molecule has 0 aromatic carbocycles. The molecule has 0 radical (unpaired) electrons. The third-order valence-corrected chi connectivity index (χ3v) is 9.15. The predicted molar refractivity (Wildman–Crippen MR) is 91.8 cm³/mol. The number of fused-ring (bicyclic) bond motifs is 1. The van der Waals surface area contributed by atoms with Gasteiger partial charge in [0.05, 0.1) is 11.8 Å². The van der Waals surface area contributed by atoms with E-state index < -0.39 is 43.0 Å². The van der Waals surface area contributed by atoms with Crippen LogP contribution in [0.1, 0.15) is 53.0 Å². The van der Waals surface area contributed by atoms with Crippen molar-refractivity contribution >= 4 is 21.7 Å². The molecule has 0 saturated heterocycles. The number of aromatic carboxylic acids is 1. The zero-order valence-corrected chi connectivity index (χ0v) is 15.2. The normalized spacial score (nSPS) is 26.3. The van der Waals surface area contributed by atoms with E-state index in [9.17, 15) is 27.9 Å². The minimum Gasteiger partial charge on any atom is -0.477 e. The van der Waals surface area contributed by atoms with Crippen LogP contribution in [0.3, 0.4) is 0 Å². The van der Waals surface area contributed by atoms with E-state index in [1.165, 1.54) is 18.0 Å². The summed E-state index contributed by atoms with van der Waals surface area (Å²) in [5.74, 6) is -2.17. The van der Waals surface area contributed by atoms with Crippen LogP contribution in [0, 0.1) is 5.92 Å². The smallest absolute Gasteiger partial charge is 0.341 e. The summed E-state index contributed by atoms with van der Waals surface area (Å²) in [6.07, 6.45) is 3.31. The molecule has 4 rings (SSSR count). The second-order valence-electron chi connectivity index (χ2n) is 7.41. The standard InChI is InChI=1S/C17H20N2O6S/c1-18-15(21)13-8-7-12(16(22)23)14(20)19(13)9-17(18,10-5-6-10)26(24,25)11-3-2-4-11/h7-8,10-11H,2-6,9H2,1H3,(H,22,23). The van der Waals surface area contributed by atoms with Crippen LogP contribution in [0.25, 0.3) is 0 Å². The van der Waals surface area contributed by atoms with Crippen LogP contribution in [0.15, 0.2) is 16.9 Å². The summed E-state index contributed by atoms with van der Waals surface area (Å²) in [5.41, 5.74) is -1.26. The molecule has 1 N–H and O–H groups in total. The van der Waals surface area contributed by atoms with Gasteiger partial charge in [-0.15, -0.1) is 0 Å². The van der Waals surface area contributed by atoms with Crippen LogP contribution in [-0.2, 0) is 16.4 Å². The van der Waals surface area contributed by atoms with Crippen LogP contribution in [0.5, 0.6) is 0 Å². The lowest BCUT2D eigenvalue weighted by atomic mass is 10.00. The summed E-state index contributed by atoms with van der Waals surface area (Å²) in [4.78, 5) is 36.7. The van der Waals surface area contributed by atoms with Gasteiger partial charge >= 0.3 is 5.97 Å². The molecular weight excluding hydrogens is 360 g/mol. The lowest BCUT2D eigenvalue weighted by Crippen LogP contribution is -2.66. The Labute approximate surface area is 150 Å². The highest BCUT2D eigenvalue weighted by atomic mass is 32.2. The molecule has 9 heteroatoms. The Kier molecular flexibility index (Phi) is 3.60. The number of nitrogens with zero attached hydrogens (tertiary/aromatic N) is 2. The zero-order chi connectivity index (χ0) is 18.9. The summed E-state index contributed by atoms with van der Waals surface area (Å²) in [6, 6.07) is 2.39. The summed E-state index contributed by atoms with van der Waals surface area (Å²) < 4.78 is 27.9. The number of rotatable bonds is 4. The number of carboxylic acids is 1. The van der Waals surface area contributed by atoms with Crippen molar-refractivity contribution in [3.63, 3.8) is 0 Å². The third kappa shape index (κ3) is 2.06. The molecule has 1 atom stereocenters. The first kappa shape index (κ1) is 17.3. The number of carboxylic acid groups (broad SMARTS) is 1. The molecule has 26 heavy (non-hydrogen) atoms. The van der Waals surface area contributed by atoms with Crippen molar-refractivity contribution in [3.05, 3.63) is 33.7 Å². The number of amides is 1. The number of likely N-dealkylation sites (N-methyl/N-ethyl adjacent to an activating group) is 1. The van der Waals surface area contributed by atoms with E-state index in [0.29, 0.717) is 25.7 Å². The van der Waals surface area contributed by atoms with Gasteiger partial charge in [0.25, 0.3) is 11.5 Å². The lowest BCUT2D eigenvalue weighted by molar-refractivity contribution is 0.0536.